The molecule has 5 heteroatoms. The van der Waals surface area contributed by atoms with E-state index in [0.717, 1.165) is 11.1 Å². The number of rotatable bonds is 3. The molecule has 0 amide bonds. The number of aromatic nitrogens is 2. The molecule has 0 bridgehead atoms. The Labute approximate surface area is 149 Å². The third-order valence-electron chi connectivity index (χ3n) is 4.12. The van der Waals surface area contributed by atoms with Crippen LogP contribution in [0.2, 0.25) is 0 Å². The predicted octanol–water partition coefficient (Wildman–Crippen LogP) is 5.63. The molecule has 0 unspecified atom stereocenters. The lowest BCUT2D eigenvalue weighted by molar-refractivity contribution is 0.590. The van der Waals surface area contributed by atoms with Crippen molar-refractivity contribution in [1.82, 2.24) is 9.97 Å². The number of aryl methyl sites for hydroxylation is 1. The number of anilines is 2. The van der Waals surface area contributed by atoms with Crippen molar-refractivity contribution in [2.24, 2.45) is 0 Å². The van der Waals surface area contributed by atoms with Gasteiger partial charge in [0.25, 0.3) is 0 Å². The van der Waals surface area contributed by atoms with Crippen LogP contribution >= 0.6 is 0 Å². The van der Waals surface area contributed by atoms with Gasteiger partial charge in [-0.2, -0.15) is 0 Å². The molecule has 1 N–H and O–H groups in total. The van der Waals surface area contributed by atoms with Crippen molar-refractivity contribution in [1.29, 1.82) is 0 Å². The van der Waals surface area contributed by atoms with Crippen LogP contribution < -0.4 is 5.32 Å². The Bertz CT molecular complexity index is 1070. The van der Waals surface area contributed by atoms with Crippen molar-refractivity contribution in [2.75, 3.05) is 5.32 Å². The van der Waals surface area contributed by atoms with E-state index in [0.29, 0.717) is 22.5 Å². The van der Waals surface area contributed by atoms with Gasteiger partial charge < -0.3 is 5.32 Å². The molecule has 128 valence electrons. The molecule has 3 aromatic carbocycles. The van der Waals surface area contributed by atoms with E-state index in [2.05, 4.69) is 15.3 Å². The Balaban J connectivity index is 1.89. The Hall–Kier alpha value is -3.34. The lowest BCUT2D eigenvalue weighted by atomic mass is 10.1. The number of fused-ring (bicyclic) bond motifs is 1. The van der Waals surface area contributed by atoms with Crippen molar-refractivity contribution in [3.63, 3.8) is 0 Å². The molecule has 4 rings (SSSR count). The second kappa shape index (κ2) is 6.52. The van der Waals surface area contributed by atoms with E-state index in [1.165, 1.54) is 18.2 Å². The van der Waals surface area contributed by atoms with Crippen LogP contribution in [0.5, 0.6) is 0 Å². The summed E-state index contributed by atoms with van der Waals surface area (Å²) in [6.45, 7) is 2.00. The van der Waals surface area contributed by atoms with Crippen LogP contribution in [0.25, 0.3) is 22.3 Å². The molecule has 0 spiro atoms. The summed E-state index contributed by atoms with van der Waals surface area (Å²) >= 11 is 0. The predicted molar refractivity (Wildman–Crippen MR) is 99.4 cm³/mol. The minimum Gasteiger partial charge on any atom is -0.335 e. The van der Waals surface area contributed by atoms with Crippen LogP contribution in [0.15, 0.2) is 66.7 Å². The zero-order valence-corrected chi connectivity index (χ0v) is 14.0. The second-order valence-electron chi connectivity index (χ2n) is 6.00. The van der Waals surface area contributed by atoms with Crippen molar-refractivity contribution >= 4 is 22.4 Å². The van der Waals surface area contributed by atoms with Gasteiger partial charge in [0.05, 0.1) is 5.52 Å². The molecular formula is C21H15F2N3. The van der Waals surface area contributed by atoms with Gasteiger partial charge >= 0.3 is 0 Å². The van der Waals surface area contributed by atoms with Crippen LogP contribution in [0.4, 0.5) is 20.3 Å². The average molecular weight is 347 g/mol. The van der Waals surface area contributed by atoms with Gasteiger partial charge in [-0.1, -0.05) is 48.0 Å². The summed E-state index contributed by atoms with van der Waals surface area (Å²) in [5.41, 5.74) is 2.42. The number of hydrogen-bond donors (Lipinski definition) is 1. The quantitative estimate of drug-likeness (QED) is 0.522. The summed E-state index contributed by atoms with van der Waals surface area (Å²) in [5.74, 6) is -0.507. The zero-order valence-electron chi connectivity index (χ0n) is 14.0. The second-order valence-corrected chi connectivity index (χ2v) is 6.00. The molecule has 0 saturated carbocycles. The molecule has 3 nitrogen and oxygen atoms in total. The maximum absolute atomic E-state index is 14.1. The highest BCUT2D eigenvalue weighted by molar-refractivity contribution is 5.92. The maximum atomic E-state index is 14.1. The Kier molecular flexibility index (Phi) is 4.05. The topological polar surface area (TPSA) is 37.8 Å². The minimum absolute atomic E-state index is 0.230. The number of benzene rings is 3. The first-order valence-corrected chi connectivity index (χ1v) is 8.17. The minimum atomic E-state index is -0.676. The molecule has 0 aliphatic carbocycles. The van der Waals surface area contributed by atoms with Crippen molar-refractivity contribution in [3.8, 4) is 11.4 Å². The lowest BCUT2D eigenvalue weighted by Crippen LogP contribution is -2.02. The highest BCUT2D eigenvalue weighted by atomic mass is 19.1. The maximum Gasteiger partial charge on any atom is 0.162 e. The monoisotopic (exact) mass is 347 g/mol. The van der Waals surface area contributed by atoms with E-state index in [1.807, 2.05) is 55.5 Å². The fourth-order valence-electron chi connectivity index (χ4n) is 2.74. The first-order valence-electron chi connectivity index (χ1n) is 8.17. The van der Waals surface area contributed by atoms with E-state index >= 15 is 0 Å². The molecule has 0 saturated heterocycles. The van der Waals surface area contributed by atoms with Gasteiger partial charge in [-0.3, -0.25) is 0 Å². The summed E-state index contributed by atoms with van der Waals surface area (Å²) in [6.07, 6.45) is 0. The van der Waals surface area contributed by atoms with E-state index in [-0.39, 0.29) is 5.69 Å². The molecule has 0 radical (unpaired) electrons. The van der Waals surface area contributed by atoms with Crippen molar-refractivity contribution in [3.05, 3.63) is 83.9 Å². The smallest absolute Gasteiger partial charge is 0.162 e. The van der Waals surface area contributed by atoms with Crippen LogP contribution in [-0.2, 0) is 0 Å². The molecule has 0 aliphatic rings. The van der Waals surface area contributed by atoms with Crippen LogP contribution in [-0.4, -0.2) is 9.97 Å². The van der Waals surface area contributed by atoms with Gasteiger partial charge in [-0.15, -0.1) is 0 Å². The summed E-state index contributed by atoms with van der Waals surface area (Å²) in [5, 5.41) is 3.49. The van der Waals surface area contributed by atoms with Crippen LogP contribution in [0, 0.1) is 18.6 Å². The summed E-state index contributed by atoms with van der Waals surface area (Å²) in [7, 11) is 0. The number of nitrogens with zero attached hydrogens (tertiary/aromatic N) is 2. The van der Waals surface area contributed by atoms with Crippen LogP contribution in [0.3, 0.4) is 0 Å². The van der Waals surface area contributed by atoms with E-state index < -0.39 is 11.6 Å². The van der Waals surface area contributed by atoms with E-state index in [1.54, 1.807) is 0 Å². The standard InChI is InChI=1S/C21H15F2N3/c1-13-9-11-14(12-10-13)20-24-18-8-3-2-5-15(18)21(26-20)25-19-16(22)6-4-7-17(19)23/h2-12H,1H3,(H,24,25,26). The average Bonchev–Trinajstić information content (AvgIpc) is 2.65. The zero-order chi connectivity index (χ0) is 18.1. The molecule has 0 aliphatic heterocycles. The highest BCUT2D eigenvalue weighted by Gasteiger charge is 2.14. The van der Waals surface area contributed by atoms with Gasteiger partial charge in [-0.25, -0.2) is 18.7 Å². The molecule has 1 heterocycles. The summed E-state index contributed by atoms with van der Waals surface area (Å²) in [4.78, 5) is 9.11. The van der Waals surface area contributed by atoms with Gasteiger partial charge in [0, 0.05) is 10.9 Å². The fraction of sp³-hybridized carbons (Fsp3) is 0.0476. The lowest BCUT2D eigenvalue weighted by Gasteiger charge is -2.12. The van der Waals surface area contributed by atoms with Crippen molar-refractivity contribution < 1.29 is 8.78 Å². The molecule has 1 aromatic heterocycles. The molecule has 26 heavy (non-hydrogen) atoms. The van der Waals surface area contributed by atoms with Gasteiger partial charge in [-0.05, 0) is 31.2 Å². The third-order valence-corrected chi connectivity index (χ3v) is 4.12. The van der Waals surface area contributed by atoms with Gasteiger partial charge in [0.15, 0.2) is 5.82 Å². The van der Waals surface area contributed by atoms with Crippen LogP contribution in [0.1, 0.15) is 5.56 Å². The van der Waals surface area contributed by atoms with E-state index in [4.69, 9.17) is 0 Å². The SMILES string of the molecule is Cc1ccc(-c2nc(Nc3c(F)cccc3F)c3ccccc3n2)cc1. The molecule has 0 atom stereocenters. The number of halogens is 2. The highest BCUT2D eigenvalue weighted by Crippen LogP contribution is 2.29. The molecule has 0 fully saturated rings. The number of para-hydroxylation sites is 2. The summed E-state index contributed by atoms with van der Waals surface area (Å²) in [6, 6.07) is 18.9. The molecular weight excluding hydrogens is 332 g/mol. The number of nitrogens with one attached hydrogen (secondary N) is 1. The van der Waals surface area contributed by atoms with Gasteiger partial charge in [0.2, 0.25) is 0 Å². The third kappa shape index (κ3) is 2.99. The number of hydrogen-bond acceptors (Lipinski definition) is 3. The first-order chi connectivity index (χ1) is 12.6. The van der Waals surface area contributed by atoms with Gasteiger partial charge in [0.1, 0.15) is 23.1 Å². The van der Waals surface area contributed by atoms with E-state index in [9.17, 15) is 8.78 Å². The Morgan fingerprint density at radius 3 is 2.19 bits per heavy atom. The van der Waals surface area contributed by atoms with Crippen molar-refractivity contribution in [2.45, 2.75) is 6.92 Å². The summed E-state index contributed by atoms with van der Waals surface area (Å²) < 4.78 is 28.1. The molecule has 4 aromatic rings. The fourth-order valence-corrected chi connectivity index (χ4v) is 2.74. The largest absolute Gasteiger partial charge is 0.335 e. The Morgan fingerprint density at radius 2 is 1.46 bits per heavy atom. The Morgan fingerprint density at radius 1 is 0.769 bits per heavy atom. The first kappa shape index (κ1) is 16.1. The normalized spacial score (nSPS) is 10.9.